The van der Waals surface area contributed by atoms with E-state index in [1.54, 1.807) is 49.7 Å². The van der Waals surface area contributed by atoms with Gasteiger partial charge in [0.15, 0.2) is 0 Å². The van der Waals surface area contributed by atoms with Crippen LogP contribution in [0, 0.1) is 0 Å². The Morgan fingerprint density at radius 1 is 1.28 bits per heavy atom. The summed E-state index contributed by atoms with van der Waals surface area (Å²) in [4.78, 5) is 21.8. The van der Waals surface area contributed by atoms with Crippen molar-refractivity contribution in [3.05, 3.63) is 48.4 Å². The minimum atomic E-state index is -0.109. The number of anilines is 2. The molecule has 0 aliphatic heterocycles. The summed E-state index contributed by atoms with van der Waals surface area (Å²) in [6.07, 6.45) is 4.84. The highest BCUT2D eigenvalue weighted by molar-refractivity contribution is 6.05. The Morgan fingerprint density at radius 2 is 2.11 bits per heavy atom. The van der Waals surface area contributed by atoms with Gasteiger partial charge in [-0.2, -0.15) is 0 Å². The number of nitrogens with one attached hydrogen (secondary N) is 1. The van der Waals surface area contributed by atoms with Crippen molar-refractivity contribution in [2.75, 3.05) is 24.3 Å². The van der Waals surface area contributed by atoms with E-state index in [2.05, 4.69) is 15.3 Å². The molecule has 2 aromatic rings. The van der Waals surface area contributed by atoms with E-state index in [-0.39, 0.29) is 5.91 Å². The number of amides is 1. The highest BCUT2D eigenvalue weighted by Gasteiger charge is 2.13. The predicted octanol–water partition coefficient (Wildman–Crippen LogP) is 1.79. The van der Waals surface area contributed by atoms with E-state index in [1.165, 1.54) is 0 Å². The van der Waals surface area contributed by atoms with Gasteiger partial charge in [0.05, 0.1) is 17.4 Å². The Bertz CT molecular complexity index is 524. The van der Waals surface area contributed by atoms with Gasteiger partial charge in [-0.15, -0.1) is 0 Å². The molecule has 2 aromatic heterocycles. The Hall–Kier alpha value is -2.43. The maximum atomic E-state index is 12.1. The van der Waals surface area contributed by atoms with Crippen molar-refractivity contribution in [3.8, 4) is 0 Å². The second-order valence-corrected chi connectivity index (χ2v) is 3.76. The fourth-order valence-corrected chi connectivity index (χ4v) is 1.53. The van der Waals surface area contributed by atoms with Crippen LogP contribution in [0.3, 0.4) is 0 Å². The summed E-state index contributed by atoms with van der Waals surface area (Å²) in [6.45, 7) is 0. The molecule has 18 heavy (non-hydrogen) atoms. The maximum Gasteiger partial charge on any atom is 0.259 e. The van der Waals surface area contributed by atoms with E-state index in [0.29, 0.717) is 5.56 Å². The summed E-state index contributed by atoms with van der Waals surface area (Å²) in [5, 5.41) is 2.93. The molecule has 0 aliphatic rings. The minimum Gasteiger partial charge on any atom is -0.373 e. The number of rotatable bonds is 3. The SMILES string of the molecule is CNc1ccc(N(C)C(=O)c2cccnc2)cn1. The van der Waals surface area contributed by atoms with Gasteiger partial charge in [-0.1, -0.05) is 0 Å². The van der Waals surface area contributed by atoms with Crippen LogP contribution in [0.2, 0.25) is 0 Å². The smallest absolute Gasteiger partial charge is 0.259 e. The molecule has 2 heterocycles. The molecule has 0 bridgehead atoms. The van der Waals surface area contributed by atoms with E-state index >= 15 is 0 Å². The highest BCUT2D eigenvalue weighted by atomic mass is 16.2. The quantitative estimate of drug-likeness (QED) is 0.891. The predicted molar refractivity (Wildman–Crippen MR) is 70.8 cm³/mol. The zero-order valence-electron chi connectivity index (χ0n) is 10.3. The number of pyridine rings is 2. The second-order valence-electron chi connectivity index (χ2n) is 3.76. The molecule has 1 amide bonds. The molecular formula is C13H14N4O. The van der Waals surface area contributed by atoms with Gasteiger partial charge in [0.1, 0.15) is 5.82 Å². The van der Waals surface area contributed by atoms with Crippen LogP contribution in [0.25, 0.3) is 0 Å². The summed E-state index contributed by atoms with van der Waals surface area (Å²) in [5.74, 6) is 0.656. The van der Waals surface area contributed by atoms with E-state index in [1.807, 2.05) is 12.1 Å². The number of hydrogen-bond donors (Lipinski definition) is 1. The molecule has 2 rings (SSSR count). The molecule has 0 spiro atoms. The van der Waals surface area contributed by atoms with Gasteiger partial charge in [0.2, 0.25) is 0 Å². The minimum absolute atomic E-state index is 0.109. The molecule has 5 nitrogen and oxygen atoms in total. The Kier molecular flexibility index (Phi) is 3.52. The molecule has 92 valence electrons. The van der Waals surface area contributed by atoms with Crippen molar-refractivity contribution in [2.24, 2.45) is 0 Å². The van der Waals surface area contributed by atoms with Gasteiger partial charge in [0, 0.05) is 26.5 Å². The van der Waals surface area contributed by atoms with Crippen LogP contribution in [-0.2, 0) is 0 Å². The van der Waals surface area contributed by atoms with Gasteiger partial charge >= 0.3 is 0 Å². The van der Waals surface area contributed by atoms with Crippen LogP contribution >= 0.6 is 0 Å². The third-order valence-corrected chi connectivity index (χ3v) is 2.60. The van der Waals surface area contributed by atoms with Gasteiger partial charge < -0.3 is 10.2 Å². The standard InChI is InChI=1S/C13H14N4O/c1-14-12-6-5-11(9-16-12)17(2)13(18)10-4-3-7-15-8-10/h3-9H,1-2H3,(H,14,16). The van der Waals surface area contributed by atoms with Gasteiger partial charge in [-0.05, 0) is 24.3 Å². The molecule has 0 aliphatic carbocycles. The number of aromatic nitrogens is 2. The molecule has 0 unspecified atom stereocenters. The molecule has 5 heteroatoms. The van der Waals surface area contributed by atoms with Gasteiger partial charge in [-0.25, -0.2) is 4.98 Å². The average molecular weight is 242 g/mol. The Morgan fingerprint density at radius 3 is 2.67 bits per heavy atom. The third kappa shape index (κ3) is 2.45. The van der Waals surface area contributed by atoms with Crippen molar-refractivity contribution in [1.29, 1.82) is 0 Å². The van der Waals surface area contributed by atoms with E-state index < -0.39 is 0 Å². The highest BCUT2D eigenvalue weighted by Crippen LogP contribution is 2.15. The van der Waals surface area contributed by atoms with Crippen LogP contribution in [0.1, 0.15) is 10.4 Å². The lowest BCUT2D eigenvalue weighted by Crippen LogP contribution is -2.26. The summed E-state index contributed by atoms with van der Waals surface area (Å²) in [5.41, 5.74) is 1.29. The van der Waals surface area contributed by atoms with Crippen LogP contribution in [0.4, 0.5) is 11.5 Å². The third-order valence-electron chi connectivity index (χ3n) is 2.60. The zero-order valence-corrected chi connectivity index (χ0v) is 10.3. The number of hydrogen-bond acceptors (Lipinski definition) is 4. The lowest BCUT2D eigenvalue weighted by Gasteiger charge is -2.17. The summed E-state index contributed by atoms with van der Waals surface area (Å²) in [7, 11) is 3.51. The lowest BCUT2D eigenvalue weighted by molar-refractivity contribution is 0.0992. The first-order valence-electron chi connectivity index (χ1n) is 5.54. The van der Waals surface area contributed by atoms with Gasteiger partial charge in [0.25, 0.3) is 5.91 Å². The average Bonchev–Trinajstić information content (AvgIpc) is 2.47. The number of carbonyl (C=O) groups excluding carboxylic acids is 1. The number of carbonyl (C=O) groups is 1. The van der Waals surface area contributed by atoms with E-state index in [0.717, 1.165) is 11.5 Å². The normalized spacial score (nSPS) is 9.89. The summed E-state index contributed by atoms with van der Waals surface area (Å²) in [6, 6.07) is 7.14. The zero-order chi connectivity index (χ0) is 13.0. The Labute approximate surface area is 105 Å². The first kappa shape index (κ1) is 12.0. The molecule has 0 aromatic carbocycles. The molecule has 0 radical (unpaired) electrons. The molecule has 0 saturated carbocycles. The largest absolute Gasteiger partial charge is 0.373 e. The molecule has 0 fully saturated rings. The van der Waals surface area contributed by atoms with Crippen molar-refractivity contribution >= 4 is 17.4 Å². The topological polar surface area (TPSA) is 58.1 Å². The molecular weight excluding hydrogens is 228 g/mol. The van der Waals surface area contributed by atoms with E-state index in [9.17, 15) is 4.79 Å². The monoisotopic (exact) mass is 242 g/mol. The van der Waals surface area contributed by atoms with Crippen LogP contribution in [0.15, 0.2) is 42.9 Å². The van der Waals surface area contributed by atoms with Crippen molar-refractivity contribution < 1.29 is 4.79 Å². The second kappa shape index (κ2) is 5.27. The maximum absolute atomic E-state index is 12.1. The first-order chi connectivity index (χ1) is 8.72. The fourth-order valence-electron chi connectivity index (χ4n) is 1.53. The first-order valence-corrected chi connectivity index (χ1v) is 5.54. The van der Waals surface area contributed by atoms with Crippen molar-refractivity contribution in [3.63, 3.8) is 0 Å². The Balaban J connectivity index is 2.20. The van der Waals surface area contributed by atoms with Crippen molar-refractivity contribution in [2.45, 2.75) is 0 Å². The molecule has 1 N–H and O–H groups in total. The molecule has 0 atom stereocenters. The summed E-state index contributed by atoms with van der Waals surface area (Å²) >= 11 is 0. The van der Waals surface area contributed by atoms with E-state index in [4.69, 9.17) is 0 Å². The van der Waals surface area contributed by atoms with Crippen LogP contribution in [-0.4, -0.2) is 30.0 Å². The summed E-state index contributed by atoms with van der Waals surface area (Å²) < 4.78 is 0. The van der Waals surface area contributed by atoms with Gasteiger partial charge in [-0.3, -0.25) is 9.78 Å². The van der Waals surface area contributed by atoms with Crippen LogP contribution < -0.4 is 10.2 Å². The van der Waals surface area contributed by atoms with Crippen molar-refractivity contribution in [1.82, 2.24) is 9.97 Å². The fraction of sp³-hybridized carbons (Fsp3) is 0.154. The molecule has 0 saturated heterocycles. The number of nitrogens with zero attached hydrogens (tertiary/aromatic N) is 3. The van der Waals surface area contributed by atoms with Crippen LogP contribution in [0.5, 0.6) is 0 Å². The lowest BCUT2D eigenvalue weighted by atomic mass is 10.2.